The Morgan fingerprint density at radius 1 is 1.38 bits per heavy atom. The van der Waals surface area contributed by atoms with Crippen molar-refractivity contribution in [3.05, 3.63) is 51.9 Å². The van der Waals surface area contributed by atoms with Crippen LogP contribution < -0.4 is 10.3 Å². The molecule has 0 spiro atoms. The molecule has 1 heterocycles. The Labute approximate surface area is 97.0 Å². The third-order valence-electron chi connectivity index (χ3n) is 2.08. The summed E-state index contributed by atoms with van der Waals surface area (Å²) in [6, 6.07) is 8.45. The van der Waals surface area contributed by atoms with E-state index in [1.54, 1.807) is 25.3 Å². The van der Waals surface area contributed by atoms with Gasteiger partial charge in [0.05, 0.1) is 18.3 Å². The lowest BCUT2D eigenvalue weighted by molar-refractivity contribution is 0.411. The molecule has 0 aliphatic carbocycles. The number of rotatable bonds is 2. The number of hydrogen-bond acceptors (Lipinski definition) is 3. The van der Waals surface area contributed by atoms with Gasteiger partial charge in [-0.2, -0.15) is 9.78 Å². The summed E-state index contributed by atoms with van der Waals surface area (Å²) in [5.41, 5.74) is 0.295. The molecular formula is C11H9ClN2O2. The predicted octanol–water partition coefficient (Wildman–Crippen LogP) is 1.89. The molecule has 1 aromatic heterocycles. The van der Waals surface area contributed by atoms with E-state index in [4.69, 9.17) is 16.3 Å². The number of benzene rings is 1. The first kappa shape index (κ1) is 10.7. The van der Waals surface area contributed by atoms with E-state index in [-0.39, 0.29) is 5.56 Å². The second-order valence-corrected chi connectivity index (χ2v) is 3.53. The first-order valence-electron chi connectivity index (χ1n) is 4.60. The van der Waals surface area contributed by atoms with E-state index in [1.807, 2.05) is 6.07 Å². The van der Waals surface area contributed by atoms with Crippen molar-refractivity contribution in [2.75, 3.05) is 7.11 Å². The van der Waals surface area contributed by atoms with Gasteiger partial charge in [0, 0.05) is 6.07 Å². The number of hydrogen-bond donors (Lipinski definition) is 0. The molecule has 0 aliphatic heterocycles. The summed E-state index contributed by atoms with van der Waals surface area (Å²) >= 11 is 5.67. The second-order valence-electron chi connectivity index (χ2n) is 3.10. The van der Waals surface area contributed by atoms with Gasteiger partial charge in [-0.1, -0.05) is 23.7 Å². The lowest BCUT2D eigenvalue weighted by Crippen LogP contribution is -2.20. The van der Waals surface area contributed by atoms with Crippen LogP contribution in [0, 0.1) is 0 Å². The van der Waals surface area contributed by atoms with Crippen molar-refractivity contribution in [2.45, 2.75) is 0 Å². The molecule has 0 saturated carbocycles. The van der Waals surface area contributed by atoms with E-state index < -0.39 is 0 Å². The van der Waals surface area contributed by atoms with Crippen molar-refractivity contribution in [3.63, 3.8) is 0 Å². The highest BCUT2D eigenvalue weighted by atomic mass is 35.5. The topological polar surface area (TPSA) is 44.1 Å². The van der Waals surface area contributed by atoms with Crippen LogP contribution >= 0.6 is 11.6 Å². The molecule has 0 fully saturated rings. The Bertz CT molecular complexity index is 566. The fraction of sp³-hybridized carbons (Fsp3) is 0.0909. The predicted molar refractivity (Wildman–Crippen MR) is 61.4 cm³/mol. The van der Waals surface area contributed by atoms with Gasteiger partial charge in [0.2, 0.25) is 0 Å². The molecule has 0 saturated heterocycles. The van der Waals surface area contributed by atoms with E-state index in [0.29, 0.717) is 16.5 Å². The highest BCUT2D eigenvalue weighted by molar-refractivity contribution is 6.30. The standard InChI is InChI=1S/C11H9ClN2O2/c1-16-10-5-3-2-4-9(10)14-11(15)6-8(12)7-13-14/h2-7H,1H3. The van der Waals surface area contributed by atoms with Gasteiger partial charge in [0.1, 0.15) is 11.4 Å². The van der Waals surface area contributed by atoms with Crippen LogP contribution in [0.2, 0.25) is 5.02 Å². The zero-order valence-electron chi connectivity index (χ0n) is 8.55. The van der Waals surface area contributed by atoms with Crippen LogP contribution in [-0.2, 0) is 0 Å². The number of para-hydroxylation sites is 2. The minimum absolute atomic E-state index is 0.294. The molecule has 1 aromatic carbocycles. The monoisotopic (exact) mass is 236 g/mol. The molecule has 2 rings (SSSR count). The average Bonchev–Trinajstić information content (AvgIpc) is 2.29. The van der Waals surface area contributed by atoms with Crippen molar-refractivity contribution >= 4 is 11.6 Å². The highest BCUT2D eigenvalue weighted by Gasteiger charge is 2.06. The van der Waals surface area contributed by atoms with Crippen LogP contribution in [0.4, 0.5) is 0 Å². The zero-order chi connectivity index (χ0) is 11.5. The summed E-state index contributed by atoms with van der Waals surface area (Å²) in [6.07, 6.45) is 1.41. The van der Waals surface area contributed by atoms with Gasteiger partial charge in [0.15, 0.2) is 0 Å². The van der Waals surface area contributed by atoms with E-state index in [2.05, 4.69) is 5.10 Å². The Morgan fingerprint density at radius 2 is 2.12 bits per heavy atom. The fourth-order valence-corrected chi connectivity index (χ4v) is 1.51. The molecule has 5 heteroatoms. The number of methoxy groups -OCH3 is 1. The molecule has 0 amide bonds. The van der Waals surface area contributed by atoms with Gasteiger partial charge in [0.25, 0.3) is 5.56 Å². The van der Waals surface area contributed by atoms with Crippen LogP contribution in [0.1, 0.15) is 0 Å². The molecule has 0 N–H and O–H groups in total. The Hall–Kier alpha value is -1.81. The largest absolute Gasteiger partial charge is 0.494 e. The second kappa shape index (κ2) is 4.37. The van der Waals surface area contributed by atoms with Crippen molar-refractivity contribution in [1.82, 2.24) is 9.78 Å². The maximum absolute atomic E-state index is 11.7. The Morgan fingerprint density at radius 3 is 2.81 bits per heavy atom. The van der Waals surface area contributed by atoms with Gasteiger partial charge < -0.3 is 4.74 Å². The lowest BCUT2D eigenvalue weighted by atomic mass is 10.3. The number of ether oxygens (including phenoxy) is 1. The Kier molecular flexibility index (Phi) is 2.92. The van der Waals surface area contributed by atoms with Crippen LogP contribution in [0.15, 0.2) is 41.3 Å². The molecule has 0 aliphatic rings. The van der Waals surface area contributed by atoms with Gasteiger partial charge in [-0.3, -0.25) is 4.79 Å². The molecule has 0 atom stereocenters. The summed E-state index contributed by atoms with van der Waals surface area (Å²) in [5.74, 6) is 0.583. The molecule has 82 valence electrons. The number of halogens is 1. The first-order valence-corrected chi connectivity index (χ1v) is 4.98. The normalized spacial score (nSPS) is 10.1. The van der Waals surface area contributed by atoms with Gasteiger partial charge in [-0.25, -0.2) is 0 Å². The number of nitrogens with zero attached hydrogens (tertiary/aromatic N) is 2. The minimum atomic E-state index is -0.294. The van der Waals surface area contributed by atoms with Crippen LogP contribution in [-0.4, -0.2) is 16.9 Å². The summed E-state index contributed by atoms with van der Waals surface area (Å²) in [7, 11) is 1.54. The molecule has 0 radical (unpaired) electrons. The SMILES string of the molecule is COc1ccccc1-n1ncc(Cl)cc1=O. The van der Waals surface area contributed by atoms with Gasteiger partial charge >= 0.3 is 0 Å². The minimum Gasteiger partial charge on any atom is -0.494 e. The molecule has 4 nitrogen and oxygen atoms in total. The van der Waals surface area contributed by atoms with Crippen LogP contribution in [0.25, 0.3) is 5.69 Å². The zero-order valence-corrected chi connectivity index (χ0v) is 9.31. The van der Waals surface area contributed by atoms with Crippen LogP contribution in [0.5, 0.6) is 5.75 Å². The van der Waals surface area contributed by atoms with Crippen LogP contribution in [0.3, 0.4) is 0 Å². The fourth-order valence-electron chi connectivity index (χ4n) is 1.37. The average molecular weight is 237 g/mol. The van der Waals surface area contributed by atoms with E-state index in [1.165, 1.54) is 16.9 Å². The first-order chi connectivity index (χ1) is 7.72. The summed E-state index contributed by atoms with van der Waals surface area (Å²) in [6.45, 7) is 0. The van der Waals surface area contributed by atoms with Crippen molar-refractivity contribution < 1.29 is 4.74 Å². The third kappa shape index (κ3) is 1.92. The van der Waals surface area contributed by atoms with Crippen molar-refractivity contribution in [2.24, 2.45) is 0 Å². The molecule has 16 heavy (non-hydrogen) atoms. The summed E-state index contributed by atoms with van der Waals surface area (Å²) in [4.78, 5) is 11.7. The van der Waals surface area contributed by atoms with E-state index in [9.17, 15) is 4.79 Å². The van der Waals surface area contributed by atoms with Crippen molar-refractivity contribution in [1.29, 1.82) is 0 Å². The molecular weight excluding hydrogens is 228 g/mol. The number of aromatic nitrogens is 2. The Balaban J connectivity index is 2.63. The smallest absolute Gasteiger partial charge is 0.273 e. The van der Waals surface area contributed by atoms with E-state index >= 15 is 0 Å². The van der Waals surface area contributed by atoms with Gasteiger partial charge in [-0.05, 0) is 12.1 Å². The molecule has 0 bridgehead atoms. The molecule has 2 aromatic rings. The highest BCUT2D eigenvalue weighted by Crippen LogP contribution is 2.19. The quantitative estimate of drug-likeness (QED) is 0.800. The molecule has 0 unspecified atom stereocenters. The summed E-state index contributed by atoms with van der Waals surface area (Å²) in [5, 5.41) is 4.26. The van der Waals surface area contributed by atoms with E-state index in [0.717, 1.165) is 0 Å². The maximum Gasteiger partial charge on any atom is 0.273 e. The maximum atomic E-state index is 11.7. The summed E-state index contributed by atoms with van der Waals surface area (Å²) < 4.78 is 6.39. The van der Waals surface area contributed by atoms with Gasteiger partial charge in [-0.15, -0.1) is 0 Å². The lowest BCUT2D eigenvalue weighted by Gasteiger charge is -2.08. The third-order valence-corrected chi connectivity index (χ3v) is 2.29. The van der Waals surface area contributed by atoms with Crippen molar-refractivity contribution in [3.8, 4) is 11.4 Å².